The monoisotopic (exact) mass is 431 g/mol. The number of hydrogen-bond acceptors (Lipinski definition) is 5. The number of amides is 1. The molecule has 1 amide bonds. The fraction of sp³-hybridized carbons (Fsp3) is 0.333. The van der Waals surface area contributed by atoms with Crippen LogP contribution in [0.2, 0.25) is 0 Å². The van der Waals surface area contributed by atoms with E-state index in [1.54, 1.807) is 17.7 Å². The Morgan fingerprint density at radius 2 is 2.03 bits per heavy atom. The number of para-hydroxylation sites is 1. The van der Waals surface area contributed by atoms with Gasteiger partial charge < -0.3 is 14.6 Å². The highest BCUT2D eigenvalue weighted by molar-refractivity contribution is 5.97. The number of nitrogens with zero attached hydrogens (tertiary/aromatic N) is 4. The summed E-state index contributed by atoms with van der Waals surface area (Å²) in [7, 11) is 1.61. The molecule has 1 aliphatic rings. The normalized spacial score (nSPS) is 16.3. The molecular formula is C24H25N5O3. The van der Waals surface area contributed by atoms with Crippen LogP contribution < -0.4 is 5.56 Å². The minimum absolute atomic E-state index is 0.0673. The second kappa shape index (κ2) is 8.20. The van der Waals surface area contributed by atoms with Gasteiger partial charge in [-0.2, -0.15) is 0 Å². The number of aromatic nitrogens is 4. The van der Waals surface area contributed by atoms with Gasteiger partial charge in [0.25, 0.3) is 11.5 Å². The van der Waals surface area contributed by atoms with Crippen molar-refractivity contribution in [2.75, 3.05) is 20.3 Å². The molecule has 0 aliphatic carbocycles. The lowest BCUT2D eigenvalue weighted by molar-refractivity contribution is 0.0725. The lowest BCUT2D eigenvalue weighted by Crippen LogP contribution is -2.36. The van der Waals surface area contributed by atoms with Crippen LogP contribution in [0.25, 0.3) is 21.9 Å². The molecule has 8 heteroatoms. The van der Waals surface area contributed by atoms with Crippen molar-refractivity contribution in [1.29, 1.82) is 0 Å². The van der Waals surface area contributed by atoms with Crippen molar-refractivity contribution in [2.45, 2.75) is 32.4 Å². The van der Waals surface area contributed by atoms with Gasteiger partial charge >= 0.3 is 0 Å². The summed E-state index contributed by atoms with van der Waals surface area (Å²) in [5.74, 6) is 1.36. The first-order chi connectivity index (χ1) is 15.6. The highest BCUT2D eigenvalue weighted by Crippen LogP contribution is 2.33. The topological polar surface area (TPSA) is 93.1 Å². The third kappa shape index (κ3) is 3.46. The number of carbonyl (C=O) groups excluding carboxylic acids is 1. The van der Waals surface area contributed by atoms with Crippen LogP contribution in [-0.2, 0) is 11.3 Å². The van der Waals surface area contributed by atoms with Gasteiger partial charge in [0.05, 0.1) is 41.1 Å². The first-order valence-electron chi connectivity index (χ1n) is 10.8. The molecule has 1 atom stereocenters. The highest BCUT2D eigenvalue weighted by atomic mass is 16.5. The van der Waals surface area contributed by atoms with Gasteiger partial charge in [-0.1, -0.05) is 12.1 Å². The van der Waals surface area contributed by atoms with Gasteiger partial charge in [0.2, 0.25) is 0 Å². The molecule has 5 rings (SSSR count). The summed E-state index contributed by atoms with van der Waals surface area (Å²) in [5, 5.41) is 0.572. The summed E-state index contributed by atoms with van der Waals surface area (Å²) in [4.78, 5) is 41.1. The van der Waals surface area contributed by atoms with Crippen molar-refractivity contribution in [3.63, 3.8) is 0 Å². The molecule has 0 bridgehead atoms. The number of rotatable bonds is 5. The van der Waals surface area contributed by atoms with E-state index >= 15 is 0 Å². The van der Waals surface area contributed by atoms with Crippen LogP contribution in [0, 0.1) is 6.92 Å². The predicted octanol–water partition coefficient (Wildman–Crippen LogP) is 3.20. The Balaban J connectivity index is 1.57. The summed E-state index contributed by atoms with van der Waals surface area (Å²) in [6.45, 7) is 3.29. The quantitative estimate of drug-likeness (QED) is 0.524. The number of likely N-dealkylation sites (tertiary alicyclic amines) is 1. The lowest BCUT2D eigenvalue weighted by Gasteiger charge is -2.27. The summed E-state index contributed by atoms with van der Waals surface area (Å²) < 4.78 is 6.91. The number of imidazole rings is 1. The zero-order valence-electron chi connectivity index (χ0n) is 18.2. The smallest absolute Gasteiger partial charge is 0.261 e. The molecule has 164 valence electrons. The van der Waals surface area contributed by atoms with E-state index in [-0.39, 0.29) is 17.5 Å². The molecule has 1 fully saturated rings. The summed E-state index contributed by atoms with van der Waals surface area (Å²) >= 11 is 0. The van der Waals surface area contributed by atoms with Crippen LogP contribution in [0.5, 0.6) is 0 Å². The Hall–Kier alpha value is -3.52. The number of aryl methyl sites for hydroxylation is 1. The van der Waals surface area contributed by atoms with E-state index < -0.39 is 0 Å². The zero-order chi connectivity index (χ0) is 22.2. The molecule has 3 heterocycles. The molecule has 2 aromatic heterocycles. The number of H-pyrrole nitrogens is 1. The van der Waals surface area contributed by atoms with E-state index in [0.29, 0.717) is 42.0 Å². The summed E-state index contributed by atoms with van der Waals surface area (Å²) in [6, 6.07) is 12.6. The highest BCUT2D eigenvalue weighted by Gasteiger charge is 2.34. The number of aromatic amines is 1. The van der Waals surface area contributed by atoms with E-state index in [4.69, 9.17) is 9.72 Å². The van der Waals surface area contributed by atoms with E-state index in [0.717, 1.165) is 29.7 Å². The number of benzene rings is 2. The molecule has 0 saturated carbocycles. The second-order valence-corrected chi connectivity index (χ2v) is 8.15. The van der Waals surface area contributed by atoms with Crippen LogP contribution in [0.1, 0.15) is 40.9 Å². The van der Waals surface area contributed by atoms with Crippen molar-refractivity contribution in [1.82, 2.24) is 24.4 Å². The Labute approximate surface area is 184 Å². The fourth-order valence-electron chi connectivity index (χ4n) is 4.55. The molecule has 1 aliphatic heterocycles. The largest absolute Gasteiger partial charge is 0.383 e. The Morgan fingerprint density at radius 3 is 2.88 bits per heavy atom. The molecular weight excluding hydrogens is 406 g/mol. The van der Waals surface area contributed by atoms with Gasteiger partial charge in [0.15, 0.2) is 0 Å². The lowest BCUT2D eigenvalue weighted by atomic mass is 10.1. The molecule has 2 aromatic carbocycles. The minimum Gasteiger partial charge on any atom is -0.383 e. The Kier molecular flexibility index (Phi) is 5.22. The van der Waals surface area contributed by atoms with Crippen molar-refractivity contribution in [2.24, 2.45) is 0 Å². The number of carbonyl (C=O) groups is 1. The average molecular weight is 431 g/mol. The molecule has 1 unspecified atom stereocenters. The summed E-state index contributed by atoms with van der Waals surface area (Å²) in [6.07, 6.45) is 1.61. The number of fused-ring (bicyclic) bond motifs is 2. The molecule has 0 radical (unpaired) electrons. The molecule has 0 spiro atoms. The number of ether oxygens (including phenoxy) is 1. The van der Waals surface area contributed by atoms with Crippen LogP contribution in [0.3, 0.4) is 0 Å². The van der Waals surface area contributed by atoms with Crippen LogP contribution >= 0.6 is 0 Å². The molecule has 8 nitrogen and oxygen atoms in total. The van der Waals surface area contributed by atoms with Crippen molar-refractivity contribution >= 4 is 27.8 Å². The predicted molar refractivity (Wildman–Crippen MR) is 122 cm³/mol. The van der Waals surface area contributed by atoms with Crippen molar-refractivity contribution in [3.8, 4) is 0 Å². The maximum atomic E-state index is 13.5. The SMILES string of the molecule is COCCn1c(C2CCCN2C(=O)c2ccc3nc(C)[nH]c3c2)nc2ccccc2c1=O. The summed E-state index contributed by atoms with van der Waals surface area (Å²) in [5.41, 5.74) is 2.82. The number of methoxy groups -OCH3 is 1. The van der Waals surface area contributed by atoms with E-state index in [2.05, 4.69) is 9.97 Å². The third-order valence-electron chi connectivity index (χ3n) is 6.07. The van der Waals surface area contributed by atoms with E-state index in [1.807, 2.05) is 48.2 Å². The Bertz CT molecular complexity index is 1370. The van der Waals surface area contributed by atoms with Gasteiger partial charge in [0.1, 0.15) is 11.6 Å². The molecule has 4 aromatic rings. The van der Waals surface area contributed by atoms with Crippen LogP contribution in [-0.4, -0.2) is 50.6 Å². The van der Waals surface area contributed by atoms with Gasteiger partial charge in [-0.05, 0) is 50.1 Å². The molecule has 1 saturated heterocycles. The first-order valence-corrected chi connectivity index (χ1v) is 10.8. The van der Waals surface area contributed by atoms with Gasteiger partial charge in [-0.15, -0.1) is 0 Å². The van der Waals surface area contributed by atoms with E-state index in [9.17, 15) is 9.59 Å². The van der Waals surface area contributed by atoms with Crippen LogP contribution in [0.15, 0.2) is 47.3 Å². The third-order valence-corrected chi connectivity index (χ3v) is 6.07. The number of nitrogens with one attached hydrogen (secondary N) is 1. The Morgan fingerprint density at radius 1 is 1.19 bits per heavy atom. The number of hydrogen-bond donors (Lipinski definition) is 1. The van der Waals surface area contributed by atoms with Gasteiger partial charge in [-0.25, -0.2) is 9.97 Å². The first kappa shape index (κ1) is 20.4. The standard InChI is InChI=1S/C24H25N5O3/c1-15-25-19-10-9-16(14-20(19)26-15)23(30)28-11-5-8-21(28)22-27-18-7-4-3-6-17(18)24(31)29(22)12-13-32-2/h3-4,6-7,9-10,14,21H,5,8,11-13H2,1-2H3,(H,25,26). The zero-order valence-corrected chi connectivity index (χ0v) is 18.2. The minimum atomic E-state index is -0.268. The average Bonchev–Trinajstić information content (AvgIpc) is 3.43. The van der Waals surface area contributed by atoms with Gasteiger partial charge in [-0.3, -0.25) is 14.2 Å². The molecule has 1 N–H and O–H groups in total. The second-order valence-electron chi connectivity index (χ2n) is 8.15. The van der Waals surface area contributed by atoms with E-state index in [1.165, 1.54) is 0 Å². The fourth-order valence-corrected chi connectivity index (χ4v) is 4.55. The van der Waals surface area contributed by atoms with Gasteiger partial charge in [0, 0.05) is 19.2 Å². The van der Waals surface area contributed by atoms with Crippen LogP contribution in [0.4, 0.5) is 0 Å². The molecule has 32 heavy (non-hydrogen) atoms. The maximum Gasteiger partial charge on any atom is 0.261 e. The van der Waals surface area contributed by atoms with Crippen molar-refractivity contribution in [3.05, 3.63) is 70.0 Å². The van der Waals surface area contributed by atoms with Crippen molar-refractivity contribution < 1.29 is 9.53 Å². The maximum absolute atomic E-state index is 13.5.